The van der Waals surface area contributed by atoms with Gasteiger partial charge in [-0.25, -0.2) is 21.9 Å². The van der Waals surface area contributed by atoms with Crippen LogP contribution in [-0.4, -0.2) is 28.5 Å². The molecule has 0 saturated carbocycles. The maximum Gasteiger partial charge on any atom is 0.251 e. The number of methoxy groups -OCH3 is 1. The molecule has 0 amide bonds. The van der Waals surface area contributed by atoms with E-state index in [2.05, 4.69) is 0 Å². The highest BCUT2D eigenvalue weighted by molar-refractivity contribution is 7.89. The van der Waals surface area contributed by atoms with Gasteiger partial charge in [0, 0.05) is 6.54 Å². The molecule has 18 heavy (non-hydrogen) atoms. The summed E-state index contributed by atoms with van der Waals surface area (Å²) in [7, 11) is -2.75. The van der Waals surface area contributed by atoms with Gasteiger partial charge in [-0.2, -0.15) is 0 Å². The first kappa shape index (κ1) is 14.8. The fourth-order valence-electron chi connectivity index (χ4n) is 1.31. The Kier molecular flexibility index (Phi) is 5.00. The van der Waals surface area contributed by atoms with Crippen molar-refractivity contribution in [2.24, 2.45) is 5.73 Å². The summed E-state index contributed by atoms with van der Waals surface area (Å²) in [5.74, 6) is 0.0777. The first-order chi connectivity index (χ1) is 8.40. The van der Waals surface area contributed by atoms with Crippen molar-refractivity contribution in [1.29, 1.82) is 0 Å². The Morgan fingerprint density at radius 1 is 1.44 bits per heavy atom. The van der Waals surface area contributed by atoms with Crippen LogP contribution in [0.2, 0.25) is 0 Å². The van der Waals surface area contributed by atoms with Crippen LogP contribution in [0, 0.1) is 0 Å². The Morgan fingerprint density at radius 2 is 2.11 bits per heavy atom. The van der Waals surface area contributed by atoms with Crippen molar-refractivity contribution in [3.8, 4) is 5.75 Å². The third kappa shape index (κ3) is 3.62. The highest BCUT2D eigenvalue weighted by Crippen LogP contribution is 2.24. The number of hydrogen-bond acceptors (Lipinski definition) is 4. The zero-order chi connectivity index (χ0) is 13.8. The lowest BCUT2D eigenvalue weighted by Crippen LogP contribution is -2.29. The predicted octanol–water partition coefficient (Wildman–Crippen LogP) is 0.697. The Balaban J connectivity index is 3.12. The third-order valence-corrected chi connectivity index (χ3v) is 3.63. The first-order valence-corrected chi connectivity index (χ1v) is 6.54. The summed E-state index contributed by atoms with van der Waals surface area (Å²) in [6.07, 6.45) is -2.76. The molecule has 3 N–H and O–H groups in total. The van der Waals surface area contributed by atoms with Crippen molar-refractivity contribution < 1.29 is 21.9 Å². The quantitative estimate of drug-likeness (QED) is 0.803. The van der Waals surface area contributed by atoms with Crippen LogP contribution in [0.25, 0.3) is 0 Å². The predicted molar refractivity (Wildman–Crippen MR) is 62.1 cm³/mol. The molecule has 102 valence electrons. The van der Waals surface area contributed by atoms with Gasteiger partial charge in [-0.1, -0.05) is 6.07 Å². The number of alkyl halides is 2. The fourth-order valence-corrected chi connectivity index (χ4v) is 2.53. The van der Waals surface area contributed by atoms with Gasteiger partial charge in [-0.15, -0.1) is 0 Å². The Bertz CT molecular complexity index is 506. The van der Waals surface area contributed by atoms with Crippen LogP contribution in [0.1, 0.15) is 5.56 Å². The number of rotatable bonds is 6. The summed E-state index contributed by atoms with van der Waals surface area (Å²) in [4.78, 5) is -0.200. The summed E-state index contributed by atoms with van der Waals surface area (Å²) in [5, 5.41) is 0. The zero-order valence-electron chi connectivity index (χ0n) is 9.69. The Morgan fingerprint density at radius 3 is 2.61 bits per heavy atom. The van der Waals surface area contributed by atoms with Gasteiger partial charge >= 0.3 is 0 Å². The van der Waals surface area contributed by atoms with E-state index in [4.69, 9.17) is 10.5 Å². The summed E-state index contributed by atoms with van der Waals surface area (Å²) in [6.45, 7) is -0.806. The minimum absolute atomic E-state index is 0.0777. The number of nitrogens with two attached hydrogens (primary N) is 1. The lowest BCUT2D eigenvalue weighted by Gasteiger charge is -2.11. The van der Waals surface area contributed by atoms with Gasteiger partial charge in [0.05, 0.1) is 13.7 Å². The first-order valence-electron chi connectivity index (χ1n) is 5.05. The molecule has 0 aliphatic rings. The minimum Gasteiger partial charge on any atom is -0.495 e. The number of halogens is 2. The van der Waals surface area contributed by atoms with Crippen LogP contribution in [-0.2, 0) is 16.6 Å². The van der Waals surface area contributed by atoms with E-state index in [1.807, 2.05) is 0 Å². The summed E-state index contributed by atoms with van der Waals surface area (Å²) in [5.41, 5.74) is 5.96. The van der Waals surface area contributed by atoms with Crippen LogP contribution in [0.3, 0.4) is 0 Å². The van der Waals surface area contributed by atoms with E-state index >= 15 is 0 Å². The third-order valence-electron chi connectivity index (χ3n) is 2.18. The molecule has 0 unspecified atom stereocenters. The highest BCUT2D eigenvalue weighted by atomic mass is 32.2. The molecule has 1 rings (SSSR count). The SMILES string of the molecule is COc1ccc(CN)cc1S(=O)(=O)NCC(F)F. The Hall–Kier alpha value is -1.25. The molecule has 0 atom stereocenters. The van der Waals surface area contributed by atoms with Crippen molar-refractivity contribution in [2.75, 3.05) is 13.7 Å². The standard InChI is InChI=1S/C10H14F2N2O3S/c1-17-8-3-2-7(5-13)4-9(8)18(15,16)14-6-10(11)12/h2-4,10,14H,5-6,13H2,1H3. The maximum absolute atomic E-state index is 12.0. The van der Waals surface area contributed by atoms with E-state index in [1.165, 1.54) is 19.2 Å². The van der Waals surface area contributed by atoms with Gasteiger partial charge in [0.1, 0.15) is 10.6 Å². The largest absolute Gasteiger partial charge is 0.495 e. The van der Waals surface area contributed by atoms with E-state index in [0.717, 1.165) is 0 Å². The summed E-state index contributed by atoms with van der Waals surface area (Å²) < 4.78 is 54.4. The molecule has 0 radical (unpaired) electrons. The lowest BCUT2D eigenvalue weighted by atomic mass is 10.2. The van der Waals surface area contributed by atoms with E-state index in [0.29, 0.717) is 5.56 Å². The van der Waals surface area contributed by atoms with E-state index in [9.17, 15) is 17.2 Å². The summed E-state index contributed by atoms with van der Waals surface area (Å²) in [6, 6.07) is 4.33. The van der Waals surface area contributed by atoms with Crippen LogP contribution in [0.5, 0.6) is 5.75 Å². The van der Waals surface area contributed by atoms with Gasteiger partial charge in [0.2, 0.25) is 10.0 Å². The number of benzene rings is 1. The van der Waals surface area contributed by atoms with Crippen molar-refractivity contribution in [2.45, 2.75) is 17.9 Å². The molecule has 0 saturated heterocycles. The van der Waals surface area contributed by atoms with Crippen LogP contribution in [0.4, 0.5) is 8.78 Å². The molecule has 0 aromatic heterocycles. The lowest BCUT2D eigenvalue weighted by molar-refractivity contribution is 0.153. The van der Waals surface area contributed by atoms with Crippen molar-refractivity contribution in [3.05, 3.63) is 23.8 Å². The monoisotopic (exact) mass is 280 g/mol. The van der Waals surface area contributed by atoms with Crippen molar-refractivity contribution in [1.82, 2.24) is 4.72 Å². The molecule has 8 heteroatoms. The van der Waals surface area contributed by atoms with E-state index in [1.54, 1.807) is 10.8 Å². The second-order valence-corrected chi connectivity index (χ2v) is 5.17. The smallest absolute Gasteiger partial charge is 0.251 e. The molecule has 0 heterocycles. The van der Waals surface area contributed by atoms with Gasteiger partial charge in [0.25, 0.3) is 6.43 Å². The zero-order valence-corrected chi connectivity index (χ0v) is 10.5. The van der Waals surface area contributed by atoms with Crippen molar-refractivity contribution in [3.63, 3.8) is 0 Å². The van der Waals surface area contributed by atoms with Crippen LogP contribution >= 0.6 is 0 Å². The number of sulfonamides is 1. The molecule has 0 aliphatic heterocycles. The second kappa shape index (κ2) is 6.07. The minimum atomic E-state index is -4.04. The number of ether oxygens (including phenoxy) is 1. The molecule has 0 aliphatic carbocycles. The van der Waals surface area contributed by atoms with Gasteiger partial charge in [0.15, 0.2) is 0 Å². The fraction of sp³-hybridized carbons (Fsp3) is 0.400. The van der Waals surface area contributed by atoms with E-state index in [-0.39, 0.29) is 17.2 Å². The molecular formula is C10H14F2N2O3S. The number of hydrogen-bond donors (Lipinski definition) is 2. The van der Waals surface area contributed by atoms with Gasteiger partial charge < -0.3 is 10.5 Å². The van der Waals surface area contributed by atoms with Gasteiger partial charge in [-0.3, -0.25) is 0 Å². The molecule has 5 nitrogen and oxygen atoms in total. The molecule has 1 aromatic carbocycles. The van der Waals surface area contributed by atoms with Crippen molar-refractivity contribution >= 4 is 10.0 Å². The average Bonchev–Trinajstić information content (AvgIpc) is 2.35. The normalized spacial score (nSPS) is 11.8. The maximum atomic E-state index is 12.0. The average molecular weight is 280 g/mol. The topological polar surface area (TPSA) is 81.4 Å². The molecular weight excluding hydrogens is 266 g/mol. The molecule has 0 bridgehead atoms. The molecule has 0 fully saturated rings. The summed E-state index contributed by atoms with van der Waals surface area (Å²) >= 11 is 0. The van der Waals surface area contributed by atoms with E-state index < -0.39 is 23.0 Å². The number of nitrogens with one attached hydrogen (secondary N) is 1. The van der Waals surface area contributed by atoms with Crippen LogP contribution in [0.15, 0.2) is 23.1 Å². The van der Waals surface area contributed by atoms with Crippen LogP contribution < -0.4 is 15.2 Å². The molecule has 0 spiro atoms. The molecule has 1 aromatic rings. The van der Waals surface area contributed by atoms with Gasteiger partial charge in [-0.05, 0) is 17.7 Å². The highest BCUT2D eigenvalue weighted by Gasteiger charge is 2.21. The second-order valence-electron chi connectivity index (χ2n) is 3.43. The Labute approximate surface area is 104 Å².